The molecule has 0 bridgehead atoms. The van der Waals surface area contributed by atoms with E-state index in [-0.39, 0.29) is 5.56 Å². The first-order valence-corrected chi connectivity index (χ1v) is 6.73. The SMILES string of the molecule is O=C(NOS(=O)(=O)[O-])c1ccccc1.c1cc[nH+]cc1. The van der Waals surface area contributed by atoms with Crippen LogP contribution in [0.2, 0.25) is 0 Å². The van der Waals surface area contributed by atoms with Crippen molar-refractivity contribution >= 4 is 16.3 Å². The molecule has 7 nitrogen and oxygen atoms in total. The van der Waals surface area contributed by atoms with Crippen LogP contribution in [-0.4, -0.2) is 18.9 Å². The first kappa shape index (κ1) is 15.8. The molecule has 0 aliphatic heterocycles. The van der Waals surface area contributed by atoms with Crippen LogP contribution in [0.25, 0.3) is 0 Å². The highest BCUT2D eigenvalue weighted by atomic mass is 32.3. The fourth-order valence-corrected chi connectivity index (χ4v) is 1.26. The zero-order valence-electron chi connectivity index (χ0n) is 10.2. The quantitative estimate of drug-likeness (QED) is 0.498. The lowest BCUT2D eigenvalue weighted by Gasteiger charge is -2.07. The summed E-state index contributed by atoms with van der Waals surface area (Å²) in [5, 5.41) is 0. The highest BCUT2D eigenvalue weighted by Crippen LogP contribution is 1.97. The highest BCUT2D eigenvalue weighted by Gasteiger charge is 2.05. The molecule has 2 aromatic rings. The van der Waals surface area contributed by atoms with Crippen LogP contribution in [0.3, 0.4) is 0 Å². The number of aromatic amines is 1. The van der Waals surface area contributed by atoms with Gasteiger partial charge in [0.1, 0.15) is 0 Å². The van der Waals surface area contributed by atoms with Gasteiger partial charge < -0.3 is 4.55 Å². The zero-order valence-corrected chi connectivity index (χ0v) is 11.0. The second-order valence-electron chi connectivity index (χ2n) is 3.37. The number of carbonyl (C=O) groups excluding carboxylic acids is 1. The number of rotatable bonds is 3. The Morgan fingerprint density at radius 2 is 1.60 bits per heavy atom. The molecule has 0 saturated carbocycles. The van der Waals surface area contributed by atoms with Crippen LogP contribution >= 0.6 is 0 Å². The Balaban J connectivity index is 0.000000276. The van der Waals surface area contributed by atoms with E-state index < -0.39 is 16.3 Å². The summed E-state index contributed by atoms with van der Waals surface area (Å²) in [5.74, 6) is -0.801. The smallest absolute Gasteiger partial charge is 0.275 e. The first-order valence-electron chi connectivity index (χ1n) is 5.40. The fourth-order valence-electron chi connectivity index (χ4n) is 1.08. The Bertz CT molecular complexity index is 590. The Morgan fingerprint density at radius 3 is 2.00 bits per heavy atom. The van der Waals surface area contributed by atoms with E-state index >= 15 is 0 Å². The number of hydroxylamine groups is 1. The molecule has 0 unspecified atom stereocenters. The third-order valence-electron chi connectivity index (χ3n) is 1.88. The van der Waals surface area contributed by atoms with Crippen molar-refractivity contribution in [1.29, 1.82) is 0 Å². The maximum atomic E-state index is 11.1. The number of H-pyrrole nitrogens is 1. The third-order valence-corrected chi connectivity index (χ3v) is 2.17. The molecule has 0 radical (unpaired) electrons. The van der Waals surface area contributed by atoms with Crippen molar-refractivity contribution in [1.82, 2.24) is 5.48 Å². The molecular formula is C12H12N2O5S. The summed E-state index contributed by atoms with van der Waals surface area (Å²) in [4.78, 5) is 13.9. The van der Waals surface area contributed by atoms with Gasteiger partial charge in [-0.25, -0.2) is 18.9 Å². The topological polar surface area (TPSA) is 110 Å². The number of pyridine rings is 1. The van der Waals surface area contributed by atoms with E-state index in [1.165, 1.54) is 17.6 Å². The molecule has 2 rings (SSSR count). The van der Waals surface area contributed by atoms with Crippen LogP contribution in [0, 0.1) is 0 Å². The Morgan fingerprint density at radius 1 is 1.05 bits per heavy atom. The van der Waals surface area contributed by atoms with Crippen LogP contribution in [-0.2, 0) is 14.7 Å². The van der Waals surface area contributed by atoms with E-state index in [4.69, 9.17) is 0 Å². The molecule has 1 aromatic carbocycles. The van der Waals surface area contributed by atoms with Crippen molar-refractivity contribution in [2.24, 2.45) is 0 Å². The van der Waals surface area contributed by atoms with Gasteiger partial charge in [-0.1, -0.05) is 24.3 Å². The number of carbonyl (C=O) groups is 1. The summed E-state index contributed by atoms with van der Waals surface area (Å²) < 4.78 is 33.5. The van der Waals surface area contributed by atoms with E-state index in [1.807, 2.05) is 30.6 Å². The molecular weight excluding hydrogens is 284 g/mol. The summed E-state index contributed by atoms with van der Waals surface area (Å²) >= 11 is 0. The number of hydrogen-bond acceptors (Lipinski definition) is 5. The average Bonchev–Trinajstić information content (AvgIpc) is 2.47. The van der Waals surface area contributed by atoms with Crippen molar-refractivity contribution in [3.05, 3.63) is 66.5 Å². The number of aromatic nitrogens is 1. The molecule has 20 heavy (non-hydrogen) atoms. The minimum atomic E-state index is -4.91. The predicted molar refractivity (Wildman–Crippen MR) is 67.7 cm³/mol. The van der Waals surface area contributed by atoms with Gasteiger partial charge in [-0.15, -0.1) is 0 Å². The maximum absolute atomic E-state index is 11.1. The molecule has 0 aliphatic carbocycles. The Labute approximate surface area is 116 Å². The van der Waals surface area contributed by atoms with Gasteiger partial charge in [-0.05, 0) is 12.1 Å². The second-order valence-corrected chi connectivity index (χ2v) is 4.35. The number of hydrogen-bond donors (Lipinski definition) is 1. The fraction of sp³-hybridized carbons (Fsp3) is 0. The summed E-state index contributed by atoms with van der Waals surface area (Å²) in [5.41, 5.74) is 1.69. The van der Waals surface area contributed by atoms with Gasteiger partial charge in [0, 0.05) is 17.7 Å². The van der Waals surface area contributed by atoms with E-state index in [0.717, 1.165) is 0 Å². The standard InChI is InChI=1S/C7H7NO5S.C5H5N/c9-7(8-13-14(10,11)12)6-4-2-1-3-5-6;1-2-4-6-5-3-1/h1-5H,(H,8,9)(H,10,11,12);1-5H. The summed E-state index contributed by atoms with van der Waals surface area (Å²) in [6.07, 6.45) is 3.75. The number of benzene rings is 1. The lowest BCUT2D eigenvalue weighted by Crippen LogP contribution is -2.26. The molecule has 0 saturated heterocycles. The lowest BCUT2D eigenvalue weighted by molar-refractivity contribution is -0.377. The van der Waals surface area contributed by atoms with Crippen molar-refractivity contribution in [2.45, 2.75) is 0 Å². The van der Waals surface area contributed by atoms with E-state index in [0.29, 0.717) is 0 Å². The van der Waals surface area contributed by atoms with E-state index in [1.54, 1.807) is 18.2 Å². The molecule has 2 N–H and O–H groups in total. The van der Waals surface area contributed by atoms with E-state index in [2.05, 4.69) is 9.27 Å². The van der Waals surface area contributed by atoms with Gasteiger partial charge in [0.2, 0.25) is 10.4 Å². The van der Waals surface area contributed by atoms with Crippen LogP contribution in [0.1, 0.15) is 10.4 Å². The molecule has 106 valence electrons. The third kappa shape index (κ3) is 7.21. The average molecular weight is 296 g/mol. The summed E-state index contributed by atoms with van der Waals surface area (Å²) in [6, 6.07) is 13.6. The lowest BCUT2D eigenvalue weighted by atomic mass is 10.2. The Kier molecular flexibility index (Phi) is 6.30. The van der Waals surface area contributed by atoms with Gasteiger partial charge in [0.05, 0.1) is 0 Å². The zero-order chi connectivity index (χ0) is 14.8. The normalized spacial score (nSPS) is 10.1. The molecule has 0 aliphatic rings. The predicted octanol–water partition coefficient (Wildman–Crippen LogP) is 0.309. The highest BCUT2D eigenvalue weighted by molar-refractivity contribution is 7.80. The van der Waals surface area contributed by atoms with Gasteiger partial charge in [0.15, 0.2) is 12.4 Å². The van der Waals surface area contributed by atoms with Crippen LogP contribution in [0.4, 0.5) is 0 Å². The summed E-state index contributed by atoms with van der Waals surface area (Å²) in [7, 11) is -4.91. The van der Waals surface area contributed by atoms with Gasteiger partial charge in [0.25, 0.3) is 5.91 Å². The summed E-state index contributed by atoms with van der Waals surface area (Å²) in [6.45, 7) is 0. The second kappa shape index (κ2) is 8.00. The molecule has 0 fully saturated rings. The first-order chi connectivity index (χ1) is 9.49. The van der Waals surface area contributed by atoms with Crippen LogP contribution in [0.15, 0.2) is 60.9 Å². The van der Waals surface area contributed by atoms with E-state index in [9.17, 15) is 17.8 Å². The van der Waals surface area contributed by atoms with Crippen molar-refractivity contribution in [3.8, 4) is 0 Å². The largest absolute Gasteiger partial charge is 0.724 e. The molecule has 1 heterocycles. The van der Waals surface area contributed by atoms with Crippen LogP contribution < -0.4 is 10.5 Å². The van der Waals surface area contributed by atoms with Gasteiger partial charge in [-0.2, -0.15) is 4.28 Å². The van der Waals surface area contributed by atoms with Crippen molar-refractivity contribution in [3.63, 3.8) is 0 Å². The number of amides is 1. The minimum Gasteiger partial charge on any atom is -0.724 e. The number of nitrogens with one attached hydrogen (secondary N) is 2. The molecule has 0 spiro atoms. The molecule has 1 aromatic heterocycles. The van der Waals surface area contributed by atoms with Crippen molar-refractivity contribution < 1.29 is 27.0 Å². The maximum Gasteiger partial charge on any atom is 0.275 e. The van der Waals surface area contributed by atoms with Crippen molar-refractivity contribution in [2.75, 3.05) is 0 Å². The molecule has 0 atom stereocenters. The van der Waals surface area contributed by atoms with Gasteiger partial charge >= 0.3 is 0 Å². The van der Waals surface area contributed by atoms with Gasteiger partial charge in [-0.3, -0.25) is 4.79 Å². The molecule has 8 heteroatoms. The minimum absolute atomic E-state index is 0.191. The molecule has 1 amide bonds. The Hall–Kier alpha value is -2.29. The monoisotopic (exact) mass is 296 g/mol. The van der Waals surface area contributed by atoms with Crippen LogP contribution in [0.5, 0.6) is 0 Å².